The van der Waals surface area contributed by atoms with E-state index in [-0.39, 0.29) is 18.2 Å². The fourth-order valence-corrected chi connectivity index (χ4v) is 5.07. The summed E-state index contributed by atoms with van der Waals surface area (Å²) in [5, 5.41) is 13.2. The number of hydrogen-bond acceptors (Lipinski definition) is 6. The van der Waals surface area contributed by atoms with Crippen molar-refractivity contribution in [3.05, 3.63) is 64.7 Å². The van der Waals surface area contributed by atoms with Crippen LogP contribution in [0.25, 0.3) is 0 Å². The molecule has 7 heteroatoms. The molecule has 2 atom stereocenters. The summed E-state index contributed by atoms with van der Waals surface area (Å²) < 4.78 is 11.6. The molecule has 174 valence electrons. The third-order valence-electron chi connectivity index (χ3n) is 7.00. The zero-order valence-corrected chi connectivity index (χ0v) is 18.7. The Balaban J connectivity index is 1.22. The predicted molar refractivity (Wildman–Crippen MR) is 121 cm³/mol. The van der Waals surface area contributed by atoms with Gasteiger partial charge in [0.15, 0.2) is 0 Å². The monoisotopic (exact) mass is 450 g/mol. The lowest BCUT2D eigenvalue weighted by Gasteiger charge is -2.31. The average molecular weight is 451 g/mol. The van der Waals surface area contributed by atoms with Gasteiger partial charge in [-0.15, -0.1) is 0 Å². The minimum Gasteiger partial charge on any atom is -0.489 e. The van der Waals surface area contributed by atoms with Crippen molar-refractivity contribution in [2.75, 3.05) is 13.2 Å². The van der Waals surface area contributed by atoms with E-state index in [2.05, 4.69) is 29.6 Å². The molecular weight excluding hydrogens is 420 g/mol. The Kier molecular flexibility index (Phi) is 6.44. The van der Waals surface area contributed by atoms with Crippen LogP contribution in [0.3, 0.4) is 0 Å². The minimum atomic E-state index is -0.892. The van der Waals surface area contributed by atoms with Crippen molar-refractivity contribution in [3.8, 4) is 5.75 Å². The number of imide groups is 1. The van der Waals surface area contributed by atoms with Crippen LogP contribution >= 0.6 is 0 Å². The Morgan fingerprint density at radius 1 is 1.03 bits per heavy atom. The van der Waals surface area contributed by atoms with Gasteiger partial charge < -0.3 is 14.6 Å². The van der Waals surface area contributed by atoms with Crippen molar-refractivity contribution >= 4 is 11.8 Å². The van der Waals surface area contributed by atoms with Crippen LogP contribution in [0.5, 0.6) is 5.75 Å². The number of piperidine rings is 1. The zero-order valence-electron chi connectivity index (χ0n) is 18.7. The van der Waals surface area contributed by atoms with Gasteiger partial charge in [0.2, 0.25) is 11.8 Å². The fraction of sp³-hybridized carbons (Fsp3) is 0.462. The normalized spacial score (nSPS) is 23.9. The van der Waals surface area contributed by atoms with Gasteiger partial charge in [-0.05, 0) is 48.8 Å². The number of aliphatic hydroxyl groups excluding tert-OH is 1. The number of carbonyl (C=O) groups excluding carboxylic acids is 2. The maximum Gasteiger partial charge on any atom is 0.244 e. The topological polar surface area (TPSA) is 88.1 Å². The SMILES string of the molecule is O=C1CCC(N2Cc3c(OCc4ccc(CC5CCOCC5)cc4)cccc3C2O)C(=O)N1. The summed E-state index contributed by atoms with van der Waals surface area (Å²) in [6.45, 7) is 2.58. The van der Waals surface area contributed by atoms with Crippen molar-refractivity contribution in [1.82, 2.24) is 10.2 Å². The van der Waals surface area contributed by atoms with Gasteiger partial charge in [-0.1, -0.05) is 36.4 Å². The summed E-state index contributed by atoms with van der Waals surface area (Å²) in [7, 11) is 0. The molecule has 5 rings (SSSR count). The van der Waals surface area contributed by atoms with Gasteiger partial charge >= 0.3 is 0 Å². The number of benzene rings is 2. The lowest BCUT2D eigenvalue weighted by atomic mass is 9.92. The molecule has 3 aliphatic heterocycles. The molecule has 0 radical (unpaired) electrons. The summed E-state index contributed by atoms with van der Waals surface area (Å²) >= 11 is 0. The molecule has 3 heterocycles. The first-order chi connectivity index (χ1) is 16.1. The Morgan fingerprint density at radius 3 is 2.55 bits per heavy atom. The van der Waals surface area contributed by atoms with Crippen molar-refractivity contribution in [1.29, 1.82) is 0 Å². The zero-order chi connectivity index (χ0) is 22.8. The maximum atomic E-state index is 12.3. The Labute approximate surface area is 193 Å². The molecule has 2 fully saturated rings. The molecule has 0 aliphatic carbocycles. The quantitative estimate of drug-likeness (QED) is 0.658. The summed E-state index contributed by atoms with van der Waals surface area (Å²) in [5.41, 5.74) is 4.08. The van der Waals surface area contributed by atoms with Gasteiger partial charge in [-0.25, -0.2) is 0 Å². The molecule has 0 saturated carbocycles. The average Bonchev–Trinajstić information content (AvgIpc) is 3.16. The smallest absolute Gasteiger partial charge is 0.244 e. The lowest BCUT2D eigenvalue weighted by Crippen LogP contribution is -2.51. The molecule has 2 saturated heterocycles. The van der Waals surface area contributed by atoms with E-state index < -0.39 is 12.3 Å². The van der Waals surface area contributed by atoms with Gasteiger partial charge in [0.05, 0.1) is 6.04 Å². The molecule has 33 heavy (non-hydrogen) atoms. The molecule has 7 nitrogen and oxygen atoms in total. The van der Waals surface area contributed by atoms with Crippen LogP contribution in [0.4, 0.5) is 0 Å². The molecule has 2 N–H and O–H groups in total. The number of ether oxygens (including phenoxy) is 2. The van der Waals surface area contributed by atoms with Gasteiger partial charge in [0.1, 0.15) is 18.6 Å². The second kappa shape index (κ2) is 9.63. The summed E-state index contributed by atoms with van der Waals surface area (Å²) in [6.07, 6.45) is 3.15. The van der Waals surface area contributed by atoms with E-state index in [1.165, 1.54) is 5.56 Å². The highest BCUT2D eigenvalue weighted by molar-refractivity contribution is 6.00. The highest BCUT2D eigenvalue weighted by Gasteiger charge is 2.40. The van der Waals surface area contributed by atoms with Crippen LogP contribution in [0.1, 0.15) is 54.2 Å². The van der Waals surface area contributed by atoms with E-state index in [9.17, 15) is 14.7 Å². The Bertz CT molecular complexity index is 1020. The van der Waals surface area contributed by atoms with Gasteiger partial charge in [0, 0.05) is 37.3 Å². The van der Waals surface area contributed by atoms with Crippen LogP contribution in [0.15, 0.2) is 42.5 Å². The lowest BCUT2D eigenvalue weighted by molar-refractivity contribution is -0.141. The number of carbonyl (C=O) groups is 2. The van der Waals surface area contributed by atoms with Crippen molar-refractivity contribution in [2.24, 2.45) is 5.92 Å². The number of aliphatic hydroxyl groups is 1. The number of fused-ring (bicyclic) bond motifs is 1. The predicted octanol–water partition coefficient (Wildman–Crippen LogP) is 2.85. The Hall–Kier alpha value is -2.74. The molecule has 0 aromatic heterocycles. The molecule has 2 aromatic carbocycles. The van der Waals surface area contributed by atoms with Crippen molar-refractivity contribution in [3.63, 3.8) is 0 Å². The first-order valence-electron chi connectivity index (χ1n) is 11.8. The fourth-order valence-electron chi connectivity index (χ4n) is 5.07. The van der Waals surface area contributed by atoms with Crippen LogP contribution < -0.4 is 10.1 Å². The maximum absolute atomic E-state index is 12.3. The number of nitrogens with zero attached hydrogens (tertiary/aromatic N) is 1. The summed E-state index contributed by atoms with van der Waals surface area (Å²) in [6, 6.07) is 13.7. The van der Waals surface area contributed by atoms with Crippen LogP contribution in [-0.4, -0.2) is 41.1 Å². The molecular formula is C26H30N2O5. The van der Waals surface area contributed by atoms with Crippen LogP contribution in [0, 0.1) is 5.92 Å². The first kappa shape index (κ1) is 22.1. The highest BCUT2D eigenvalue weighted by Crippen LogP contribution is 2.39. The largest absolute Gasteiger partial charge is 0.489 e. The van der Waals surface area contributed by atoms with E-state index >= 15 is 0 Å². The summed E-state index contributed by atoms with van der Waals surface area (Å²) in [4.78, 5) is 25.5. The summed E-state index contributed by atoms with van der Waals surface area (Å²) in [5.74, 6) is 0.811. The first-order valence-corrected chi connectivity index (χ1v) is 11.8. The second-order valence-electron chi connectivity index (χ2n) is 9.20. The van der Waals surface area contributed by atoms with Crippen molar-refractivity contribution < 1.29 is 24.2 Å². The van der Waals surface area contributed by atoms with E-state index in [0.717, 1.165) is 49.2 Å². The van der Waals surface area contributed by atoms with Gasteiger partial charge in [0.25, 0.3) is 0 Å². The van der Waals surface area contributed by atoms with Gasteiger partial charge in [-0.2, -0.15) is 0 Å². The van der Waals surface area contributed by atoms with Gasteiger partial charge in [-0.3, -0.25) is 19.8 Å². The molecule has 0 bridgehead atoms. The standard InChI is InChI=1S/C26H30N2O5/c29-24-9-8-22(25(30)27-24)28-15-21-20(26(28)31)2-1-3-23(21)33-16-19-6-4-17(5-7-19)14-18-10-12-32-13-11-18/h1-7,18,22,26,31H,8-16H2,(H,27,29,30). The van der Waals surface area contributed by atoms with E-state index in [0.29, 0.717) is 31.2 Å². The molecule has 0 spiro atoms. The number of rotatable bonds is 6. The van der Waals surface area contributed by atoms with E-state index in [4.69, 9.17) is 9.47 Å². The number of nitrogens with one attached hydrogen (secondary N) is 1. The van der Waals surface area contributed by atoms with Crippen LogP contribution in [0.2, 0.25) is 0 Å². The third-order valence-corrected chi connectivity index (χ3v) is 7.00. The number of amides is 2. The van der Waals surface area contributed by atoms with Crippen molar-refractivity contribution in [2.45, 2.75) is 57.5 Å². The molecule has 2 unspecified atom stereocenters. The second-order valence-corrected chi connectivity index (χ2v) is 9.20. The third kappa shape index (κ3) is 4.81. The molecule has 2 aromatic rings. The van der Waals surface area contributed by atoms with E-state index in [1.54, 1.807) is 4.90 Å². The number of hydrogen-bond donors (Lipinski definition) is 2. The Morgan fingerprint density at radius 2 is 1.79 bits per heavy atom. The minimum absolute atomic E-state index is 0.259. The van der Waals surface area contributed by atoms with Crippen LogP contribution in [-0.2, 0) is 33.9 Å². The molecule has 3 aliphatic rings. The van der Waals surface area contributed by atoms with E-state index in [1.807, 2.05) is 18.2 Å². The highest BCUT2D eigenvalue weighted by atomic mass is 16.5. The molecule has 2 amide bonds.